The van der Waals surface area contributed by atoms with Gasteiger partial charge in [-0.25, -0.2) is 0 Å². The van der Waals surface area contributed by atoms with Crippen molar-refractivity contribution in [3.8, 4) is 17.2 Å². The van der Waals surface area contributed by atoms with E-state index < -0.39 is 0 Å². The molecule has 1 fully saturated rings. The Bertz CT molecular complexity index is 967. The van der Waals surface area contributed by atoms with E-state index in [-0.39, 0.29) is 5.91 Å². The molecule has 35 heavy (non-hydrogen) atoms. The first kappa shape index (κ1) is 25.4. The minimum atomic E-state index is 0.112. The molecule has 0 spiro atoms. The maximum Gasteiger partial charge on any atom is 0.253 e. The molecule has 0 atom stereocenters. The Morgan fingerprint density at radius 1 is 1.00 bits per heavy atom. The van der Waals surface area contributed by atoms with Crippen molar-refractivity contribution in [1.29, 1.82) is 0 Å². The van der Waals surface area contributed by atoms with Gasteiger partial charge in [0.25, 0.3) is 5.91 Å². The number of benzene rings is 2. The average Bonchev–Trinajstić information content (AvgIpc) is 3.34. The normalized spacial score (nSPS) is 16.4. The summed E-state index contributed by atoms with van der Waals surface area (Å²) in [6.07, 6.45) is 5.23. The molecule has 1 aliphatic carbocycles. The van der Waals surface area contributed by atoms with Crippen molar-refractivity contribution in [2.45, 2.75) is 52.0 Å². The first-order valence-electron chi connectivity index (χ1n) is 13.1. The number of carbonyl (C=O) groups excluding carboxylic acids is 1. The summed E-state index contributed by atoms with van der Waals surface area (Å²) in [5.74, 6) is 3.42. The molecule has 6 nitrogen and oxygen atoms in total. The highest BCUT2D eigenvalue weighted by atomic mass is 16.5. The van der Waals surface area contributed by atoms with Crippen LogP contribution < -0.4 is 14.2 Å². The van der Waals surface area contributed by atoms with E-state index in [1.807, 2.05) is 48.2 Å². The molecule has 190 valence electrons. The lowest BCUT2D eigenvalue weighted by Gasteiger charge is -2.37. The second-order valence-electron chi connectivity index (χ2n) is 9.68. The van der Waals surface area contributed by atoms with E-state index in [9.17, 15) is 4.79 Å². The monoisotopic (exact) mass is 480 g/mol. The van der Waals surface area contributed by atoms with Crippen molar-refractivity contribution in [2.75, 3.05) is 47.0 Å². The zero-order chi connectivity index (χ0) is 24.8. The number of amides is 1. The molecule has 2 aromatic rings. The summed E-state index contributed by atoms with van der Waals surface area (Å²) in [5, 5.41) is 0. The number of fused-ring (bicyclic) bond motifs is 1. The van der Waals surface area contributed by atoms with Gasteiger partial charge in [-0.15, -0.1) is 0 Å². The summed E-state index contributed by atoms with van der Waals surface area (Å²) in [6.45, 7) is 8.62. The van der Waals surface area contributed by atoms with Crippen LogP contribution in [0.15, 0.2) is 36.4 Å². The van der Waals surface area contributed by atoms with Crippen LogP contribution in [0.3, 0.4) is 0 Å². The molecule has 4 rings (SSSR count). The maximum atomic E-state index is 13.1. The predicted molar refractivity (Wildman–Crippen MR) is 139 cm³/mol. The molecule has 0 saturated carbocycles. The Balaban J connectivity index is 1.36. The van der Waals surface area contributed by atoms with Gasteiger partial charge in [-0.3, -0.25) is 9.69 Å². The van der Waals surface area contributed by atoms with Crippen molar-refractivity contribution in [3.05, 3.63) is 53.1 Å². The van der Waals surface area contributed by atoms with E-state index in [2.05, 4.69) is 11.8 Å². The van der Waals surface area contributed by atoms with Gasteiger partial charge >= 0.3 is 0 Å². The van der Waals surface area contributed by atoms with Crippen molar-refractivity contribution >= 4 is 5.91 Å². The van der Waals surface area contributed by atoms with Gasteiger partial charge in [0.2, 0.25) is 0 Å². The first-order valence-corrected chi connectivity index (χ1v) is 13.1. The number of nitrogens with zero attached hydrogens (tertiary/aromatic N) is 2. The second kappa shape index (κ2) is 11.8. The molecule has 0 unspecified atom stereocenters. The van der Waals surface area contributed by atoms with Crippen LogP contribution in [0.25, 0.3) is 0 Å². The van der Waals surface area contributed by atoms with Gasteiger partial charge in [-0.05, 0) is 81.8 Å². The van der Waals surface area contributed by atoms with Crippen molar-refractivity contribution in [1.82, 2.24) is 9.80 Å². The number of methoxy groups -OCH3 is 2. The largest absolute Gasteiger partial charge is 0.496 e. The van der Waals surface area contributed by atoms with Crippen LogP contribution in [-0.4, -0.2) is 68.8 Å². The van der Waals surface area contributed by atoms with Crippen LogP contribution in [0.4, 0.5) is 0 Å². The third-order valence-electron chi connectivity index (χ3n) is 7.48. The molecule has 0 radical (unpaired) electrons. The average molecular weight is 481 g/mol. The van der Waals surface area contributed by atoms with E-state index >= 15 is 0 Å². The van der Waals surface area contributed by atoms with Gasteiger partial charge in [-0.2, -0.15) is 0 Å². The van der Waals surface area contributed by atoms with Crippen LogP contribution in [0.1, 0.15) is 54.6 Å². The van der Waals surface area contributed by atoms with Gasteiger partial charge in [0.05, 0.1) is 20.8 Å². The van der Waals surface area contributed by atoms with Crippen LogP contribution >= 0.6 is 0 Å². The van der Waals surface area contributed by atoms with Crippen LogP contribution in [0.2, 0.25) is 0 Å². The van der Waals surface area contributed by atoms with E-state index in [4.69, 9.17) is 14.2 Å². The maximum absolute atomic E-state index is 13.1. The van der Waals surface area contributed by atoms with Gasteiger partial charge in [-0.1, -0.05) is 13.0 Å². The molecule has 1 amide bonds. The molecule has 1 aliphatic heterocycles. The Morgan fingerprint density at radius 3 is 2.23 bits per heavy atom. The van der Waals surface area contributed by atoms with Crippen LogP contribution in [-0.2, 0) is 12.8 Å². The molecule has 6 heteroatoms. The molecule has 2 aromatic carbocycles. The number of rotatable bonds is 10. The third kappa shape index (κ3) is 5.75. The van der Waals surface area contributed by atoms with Gasteiger partial charge in [0.15, 0.2) is 0 Å². The van der Waals surface area contributed by atoms with Gasteiger partial charge in [0, 0.05) is 42.4 Å². The molecular weight excluding hydrogens is 440 g/mol. The lowest BCUT2D eigenvalue weighted by atomic mass is 9.94. The molecule has 0 bridgehead atoms. The molecule has 2 aliphatic rings. The van der Waals surface area contributed by atoms with E-state index in [0.717, 1.165) is 75.5 Å². The second-order valence-corrected chi connectivity index (χ2v) is 9.68. The van der Waals surface area contributed by atoms with Gasteiger partial charge < -0.3 is 19.1 Å². The molecular formula is C29H40N2O4. The number of likely N-dealkylation sites (tertiary alicyclic amines) is 1. The first-order chi connectivity index (χ1) is 17.1. The molecule has 1 heterocycles. The molecule has 1 saturated heterocycles. The number of ether oxygens (including phenoxy) is 3. The fourth-order valence-electron chi connectivity index (χ4n) is 5.71. The zero-order valence-corrected chi connectivity index (χ0v) is 21.7. The van der Waals surface area contributed by atoms with Gasteiger partial charge in [0.1, 0.15) is 17.2 Å². The lowest BCUT2D eigenvalue weighted by Crippen LogP contribution is -2.44. The standard InChI is InChI=1S/C29H40N2O4/c1-5-14-31(23-18-25-26(19-23)28(34-4)11-10-27(25)33-3)20-21-12-15-30(16-13-21)29(32)22-8-7-9-24(17-22)35-6-2/h7-11,17,21,23H,5-6,12-16,18-20H2,1-4H3. The van der Waals surface area contributed by atoms with Crippen LogP contribution in [0, 0.1) is 5.92 Å². The van der Waals surface area contributed by atoms with E-state index in [1.54, 1.807) is 14.2 Å². The topological polar surface area (TPSA) is 51.2 Å². The van der Waals surface area contributed by atoms with Crippen molar-refractivity contribution in [2.24, 2.45) is 5.92 Å². The summed E-state index contributed by atoms with van der Waals surface area (Å²) in [4.78, 5) is 17.8. The quantitative estimate of drug-likeness (QED) is 0.487. The number of hydrogen-bond acceptors (Lipinski definition) is 5. The highest BCUT2D eigenvalue weighted by Gasteiger charge is 2.33. The van der Waals surface area contributed by atoms with Crippen molar-refractivity contribution < 1.29 is 19.0 Å². The zero-order valence-electron chi connectivity index (χ0n) is 21.7. The number of piperidine rings is 1. The SMILES string of the molecule is CCCN(CC1CCN(C(=O)c2cccc(OCC)c2)CC1)C1Cc2c(OC)ccc(OC)c2C1. The fraction of sp³-hybridized carbons (Fsp3) is 0.552. The summed E-state index contributed by atoms with van der Waals surface area (Å²) >= 11 is 0. The number of hydrogen-bond donors (Lipinski definition) is 0. The Kier molecular flexibility index (Phi) is 8.55. The molecule has 0 N–H and O–H groups in total. The van der Waals surface area contributed by atoms with Crippen molar-refractivity contribution in [3.63, 3.8) is 0 Å². The lowest BCUT2D eigenvalue weighted by molar-refractivity contribution is 0.0649. The third-order valence-corrected chi connectivity index (χ3v) is 7.48. The Labute approximate surface area is 210 Å². The summed E-state index contributed by atoms with van der Waals surface area (Å²) in [6, 6.07) is 12.1. The summed E-state index contributed by atoms with van der Waals surface area (Å²) in [5.41, 5.74) is 3.31. The van der Waals surface area contributed by atoms with E-state index in [0.29, 0.717) is 24.1 Å². The number of carbonyl (C=O) groups is 1. The fourth-order valence-corrected chi connectivity index (χ4v) is 5.71. The minimum absolute atomic E-state index is 0.112. The Hall–Kier alpha value is -2.73. The van der Waals surface area contributed by atoms with Crippen LogP contribution in [0.5, 0.6) is 17.2 Å². The highest BCUT2D eigenvalue weighted by Crippen LogP contribution is 2.39. The van der Waals surface area contributed by atoms with E-state index in [1.165, 1.54) is 11.1 Å². The summed E-state index contributed by atoms with van der Waals surface area (Å²) < 4.78 is 16.9. The summed E-state index contributed by atoms with van der Waals surface area (Å²) in [7, 11) is 3.50. The molecule has 0 aromatic heterocycles. The Morgan fingerprint density at radius 2 is 1.66 bits per heavy atom. The minimum Gasteiger partial charge on any atom is -0.496 e. The predicted octanol–water partition coefficient (Wildman–Crippen LogP) is 4.83. The highest BCUT2D eigenvalue weighted by molar-refractivity contribution is 5.94. The smallest absolute Gasteiger partial charge is 0.253 e.